The molecule has 6 fully saturated rings. The molecular formula is C36H62O31. The Balaban J connectivity index is 1.31. The smallest absolute Gasteiger partial charge is 0.187 e. The monoisotopic (exact) mass is 990 g/mol. The van der Waals surface area contributed by atoms with E-state index < -0.39 is 224 Å². The molecule has 0 spiro atoms. The number of aliphatic hydroxyl groups excluding tert-OH is 20. The SMILES string of the molecule is OC[C@H]1O[C@H](O[C@@H]2[C@@H](O[C@@H]3[C@@H](O[C@@H]4[C@@H](O[C@@H]5[C@@H](O[C@@H]6C(O)O[C@H](CO)[C@@H](O)[C@@H]6O)O[C@H](CO)[C@@H](O)[C@@H]5O)O[C@H](CO)[C@@H](O)[C@@H]4O)O[C@H](CO)[C@@H](O)[C@@H]3O)O[C@H](CO)[C@@H](O)[C@@H]2O)[C@@H](O)[C@@H](O)[C@@H]1O. The Hall–Kier alpha value is -1.24. The first-order valence-corrected chi connectivity index (χ1v) is 21.1. The predicted molar refractivity (Wildman–Crippen MR) is 199 cm³/mol. The lowest BCUT2D eigenvalue weighted by Gasteiger charge is -2.50. The summed E-state index contributed by atoms with van der Waals surface area (Å²) in [5, 5.41) is 211. The second kappa shape index (κ2) is 23.5. The molecule has 6 aliphatic heterocycles. The number of rotatable bonds is 16. The molecule has 0 aromatic rings. The minimum atomic E-state index is -2.25. The van der Waals surface area contributed by atoms with Gasteiger partial charge in [0.2, 0.25) is 0 Å². The average molecular weight is 991 g/mol. The minimum absolute atomic E-state index is 0.865. The molecule has 6 aliphatic rings. The second-order valence-electron chi connectivity index (χ2n) is 16.8. The van der Waals surface area contributed by atoms with E-state index in [2.05, 4.69) is 0 Å². The van der Waals surface area contributed by atoms with Crippen LogP contribution in [0.2, 0.25) is 0 Å². The Morgan fingerprint density at radius 1 is 0.224 bits per heavy atom. The van der Waals surface area contributed by atoms with Crippen molar-refractivity contribution in [2.24, 2.45) is 0 Å². The molecule has 6 saturated heterocycles. The van der Waals surface area contributed by atoms with Crippen LogP contribution in [0.25, 0.3) is 0 Å². The number of ether oxygens (including phenoxy) is 11. The lowest BCUT2D eigenvalue weighted by Crippen LogP contribution is -2.69. The Morgan fingerprint density at radius 2 is 0.433 bits per heavy atom. The van der Waals surface area contributed by atoms with E-state index in [-0.39, 0.29) is 0 Å². The Bertz CT molecular complexity index is 1510. The van der Waals surface area contributed by atoms with Gasteiger partial charge in [0.15, 0.2) is 37.7 Å². The van der Waals surface area contributed by atoms with E-state index in [0.29, 0.717) is 0 Å². The third-order valence-corrected chi connectivity index (χ3v) is 12.4. The molecule has 6 rings (SSSR count). The molecule has 0 amide bonds. The van der Waals surface area contributed by atoms with Gasteiger partial charge in [0.1, 0.15) is 146 Å². The van der Waals surface area contributed by atoms with E-state index in [1.165, 1.54) is 0 Å². The molecule has 0 bridgehead atoms. The summed E-state index contributed by atoms with van der Waals surface area (Å²) in [6.45, 7) is -5.86. The summed E-state index contributed by atoms with van der Waals surface area (Å²) in [6, 6.07) is 0. The number of aliphatic hydroxyl groups is 20. The van der Waals surface area contributed by atoms with Gasteiger partial charge in [-0.05, 0) is 0 Å². The van der Waals surface area contributed by atoms with Crippen LogP contribution in [0.3, 0.4) is 0 Å². The van der Waals surface area contributed by atoms with Crippen molar-refractivity contribution in [1.82, 2.24) is 0 Å². The molecule has 0 saturated carbocycles. The zero-order chi connectivity index (χ0) is 49.3. The van der Waals surface area contributed by atoms with Crippen LogP contribution in [0.1, 0.15) is 0 Å². The highest BCUT2D eigenvalue weighted by molar-refractivity contribution is 5.00. The zero-order valence-electron chi connectivity index (χ0n) is 35.0. The molecule has 0 aromatic carbocycles. The van der Waals surface area contributed by atoms with Crippen LogP contribution >= 0.6 is 0 Å². The van der Waals surface area contributed by atoms with Gasteiger partial charge in [0.25, 0.3) is 0 Å². The minimum Gasteiger partial charge on any atom is -0.394 e. The van der Waals surface area contributed by atoms with E-state index in [4.69, 9.17) is 52.1 Å². The summed E-state index contributed by atoms with van der Waals surface area (Å²) in [5.41, 5.74) is 0. The van der Waals surface area contributed by atoms with Crippen LogP contribution in [-0.4, -0.2) is 326 Å². The highest BCUT2D eigenvalue weighted by Crippen LogP contribution is 2.37. The van der Waals surface area contributed by atoms with E-state index in [0.717, 1.165) is 0 Å². The van der Waals surface area contributed by atoms with E-state index in [1.807, 2.05) is 0 Å². The summed E-state index contributed by atoms with van der Waals surface area (Å²) in [6.07, 6.45) is -60.2. The normalized spacial score (nSPS) is 53.4. The van der Waals surface area contributed by atoms with Crippen molar-refractivity contribution in [1.29, 1.82) is 0 Å². The first-order chi connectivity index (χ1) is 31.8. The number of hydrogen-bond donors (Lipinski definition) is 20. The molecular weight excluding hydrogens is 928 g/mol. The van der Waals surface area contributed by atoms with Gasteiger partial charge < -0.3 is 154 Å². The van der Waals surface area contributed by atoms with Gasteiger partial charge in [0, 0.05) is 0 Å². The predicted octanol–water partition coefficient (Wildman–Crippen LogP) is -14.1. The molecule has 392 valence electrons. The van der Waals surface area contributed by atoms with Crippen LogP contribution in [0.5, 0.6) is 0 Å². The van der Waals surface area contributed by atoms with Crippen molar-refractivity contribution in [3.8, 4) is 0 Å². The topological polar surface area (TPSA) is 506 Å². The van der Waals surface area contributed by atoms with Gasteiger partial charge in [0.05, 0.1) is 39.6 Å². The summed E-state index contributed by atoms with van der Waals surface area (Å²) >= 11 is 0. The Morgan fingerprint density at radius 3 is 0.716 bits per heavy atom. The van der Waals surface area contributed by atoms with Gasteiger partial charge in [-0.15, -0.1) is 0 Å². The van der Waals surface area contributed by atoms with Gasteiger partial charge in [-0.2, -0.15) is 0 Å². The van der Waals surface area contributed by atoms with E-state index in [1.54, 1.807) is 0 Å². The second-order valence-corrected chi connectivity index (χ2v) is 16.8. The van der Waals surface area contributed by atoms with Crippen molar-refractivity contribution in [2.45, 2.75) is 184 Å². The quantitative estimate of drug-likeness (QED) is 0.0683. The van der Waals surface area contributed by atoms with E-state index in [9.17, 15) is 102 Å². The molecule has 20 N–H and O–H groups in total. The van der Waals surface area contributed by atoms with Crippen molar-refractivity contribution in [3.63, 3.8) is 0 Å². The van der Waals surface area contributed by atoms with Crippen LogP contribution in [0, 0.1) is 0 Å². The average Bonchev–Trinajstić information content (AvgIpc) is 3.32. The molecule has 30 atom stereocenters. The maximum Gasteiger partial charge on any atom is 0.187 e. The summed E-state index contributed by atoms with van der Waals surface area (Å²) in [7, 11) is 0. The lowest BCUT2D eigenvalue weighted by molar-refractivity contribution is -0.417. The van der Waals surface area contributed by atoms with Crippen LogP contribution in [-0.2, 0) is 52.1 Å². The molecule has 31 nitrogen and oxygen atoms in total. The molecule has 0 radical (unpaired) electrons. The van der Waals surface area contributed by atoms with Crippen molar-refractivity contribution in [2.75, 3.05) is 39.6 Å². The van der Waals surface area contributed by atoms with Crippen LogP contribution < -0.4 is 0 Å². The highest BCUT2D eigenvalue weighted by Gasteiger charge is 2.58. The fourth-order valence-electron chi connectivity index (χ4n) is 8.42. The standard InChI is InChI=1S/C36H62O31/c37-1-7-14(44)20(50)26(31(56)57-7)63-33-28(22(52)16(46)9(3-39)59-33)65-35-30(24(54)18(48)11(5-41)61-35)67-36-29(23(53)17(47)12(6-42)62-36)66-34-27(21(51)15(45)10(4-40)60-34)64-32-25(55)19(49)13(43)8(2-38)58-32/h7-56H,1-6H2/t7-,8-,9-,10-,11-,12-,13-,14-,15-,16-,17-,18-,19+,20+,21+,22+,23+,24+,25+,26+,27+,28+,29+,30+,31?,32-,33-,34-,35-,36-/m1/s1. The first-order valence-electron chi connectivity index (χ1n) is 21.1. The molecule has 0 aliphatic carbocycles. The van der Waals surface area contributed by atoms with Gasteiger partial charge >= 0.3 is 0 Å². The molecule has 1 unspecified atom stereocenters. The van der Waals surface area contributed by atoms with Crippen molar-refractivity contribution in [3.05, 3.63) is 0 Å². The fraction of sp³-hybridized carbons (Fsp3) is 1.00. The largest absolute Gasteiger partial charge is 0.394 e. The number of hydrogen-bond acceptors (Lipinski definition) is 31. The first kappa shape index (κ1) is 55.1. The van der Waals surface area contributed by atoms with Crippen molar-refractivity contribution < 1.29 is 154 Å². The van der Waals surface area contributed by atoms with E-state index >= 15 is 0 Å². The maximum absolute atomic E-state index is 11.5. The fourth-order valence-corrected chi connectivity index (χ4v) is 8.42. The third kappa shape index (κ3) is 11.2. The van der Waals surface area contributed by atoms with Crippen molar-refractivity contribution >= 4 is 0 Å². The zero-order valence-corrected chi connectivity index (χ0v) is 35.0. The van der Waals surface area contributed by atoms with Crippen LogP contribution in [0.15, 0.2) is 0 Å². The Kier molecular flexibility index (Phi) is 19.4. The van der Waals surface area contributed by atoms with Gasteiger partial charge in [-0.1, -0.05) is 0 Å². The molecule has 6 heterocycles. The van der Waals surface area contributed by atoms with Gasteiger partial charge in [-0.3, -0.25) is 0 Å². The Labute approximate surface area is 378 Å². The molecule has 0 aromatic heterocycles. The molecule has 31 heteroatoms. The maximum atomic E-state index is 11.5. The molecule has 67 heavy (non-hydrogen) atoms. The highest BCUT2D eigenvalue weighted by atomic mass is 16.8. The summed E-state index contributed by atoms with van der Waals surface area (Å²) in [5.74, 6) is 0. The van der Waals surface area contributed by atoms with Crippen LogP contribution in [0.4, 0.5) is 0 Å². The summed E-state index contributed by atoms with van der Waals surface area (Å²) in [4.78, 5) is 0. The lowest BCUT2D eigenvalue weighted by atomic mass is 9.95. The third-order valence-electron chi connectivity index (χ3n) is 12.4. The summed E-state index contributed by atoms with van der Waals surface area (Å²) < 4.78 is 62.2. The van der Waals surface area contributed by atoms with Gasteiger partial charge in [-0.25, -0.2) is 0 Å².